The van der Waals surface area contributed by atoms with E-state index in [0.717, 1.165) is 11.3 Å². The van der Waals surface area contributed by atoms with Gasteiger partial charge in [0, 0.05) is 24.5 Å². The molecule has 2 aromatic rings. The molecule has 18 heavy (non-hydrogen) atoms. The minimum Gasteiger partial charge on any atom is -0.302 e. The zero-order valence-electron chi connectivity index (χ0n) is 10.5. The van der Waals surface area contributed by atoms with Gasteiger partial charge in [0.25, 0.3) is 0 Å². The van der Waals surface area contributed by atoms with Crippen LogP contribution in [-0.4, -0.2) is 9.97 Å². The molecule has 0 spiro atoms. The Morgan fingerprint density at radius 3 is 2.56 bits per heavy atom. The number of hydrogen-bond acceptors (Lipinski definition) is 3. The third kappa shape index (κ3) is 3.11. The van der Waals surface area contributed by atoms with Gasteiger partial charge in [0.1, 0.15) is 5.82 Å². The summed E-state index contributed by atoms with van der Waals surface area (Å²) in [6.45, 7) is 4.07. The maximum absolute atomic E-state index is 12.8. The molecule has 2 heterocycles. The predicted octanol–water partition coefficient (Wildman–Crippen LogP) is 3.03. The second-order valence-corrected chi connectivity index (χ2v) is 4.30. The lowest BCUT2D eigenvalue weighted by atomic mass is 10.1. The maximum atomic E-state index is 12.8. The van der Waals surface area contributed by atoms with Crippen LogP contribution in [0, 0.1) is 5.82 Å². The molecule has 1 unspecified atom stereocenters. The lowest BCUT2D eigenvalue weighted by Gasteiger charge is -2.19. The van der Waals surface area contributed by atoms with Crippen molar-refractivity contribution in [1.82, 2.24) is 15.3 Å². The molecule has 0 aliphatic carbocycles. The molecule has 0 amide bonds. The van der Waals surface area contributed by atoms with Crippen LogP contribution < -0.4 is 5.32 Å². The van der Waals surface area contributed by atoms with Gasteiger partial charge in [-0.15, -0.1) is 0 Å². The molecule has 0 bridgehead atoms. The van der Waals surface area contributed by atoms with Crippen molar-refractivity contribution < 1.29 is 4.39 Å². The summed E-state index contributed by atoms with van der Waals surface area (Å²) in [7, 11) is 0. The summed E-state index contributed by atoms with van der Waals surface area (Å²) in [5.41, 5.74) is 1.94. The van der Waals surface area contributed by atoms with Crippen molar-refractivity contribution in [1.29, 1.82) is 0 Å². The Hall–Kier alpha value is -1.81. The van der Waals surface area contributed by atoms with Gasteiger partial charge in [-0.25, -0.2) is 4.39 Å². The van der Waals surface area contributed by atoms with Gasteiger partial charge in [-0.05, 0) is 37.6 Å². The Bertz CT molecular complexity index is 484. The Morgan fingerprint density at radius 1 is 1.11 bits per heavy atom. The summed E-state index contributed by atoms with van der Waals surface area (Å²) in [5.74, 6) is -0.314. The highest BCUT2D eigenvalue weighted by atomic mass is 19.1. The number of aromatic nitrogens is 2. The van der Waals surface area contributed by atoms with E-state index in [0.29, 0.717) is 0 Å². The van der Waals surface area contributed by atoms with Crippen molar-refractivity contribution in [3.05, 3.63) is 59.9 Å². The monoisotopic (exact) mass is 245 g/mol. The minimum atomic E-state index is -0.314. The molecule has 4 heteroatoms. The van der Waals surface area contributed by atoms with E-state index in [1.807, 2.05) is 25.3 Å². The molecular formula is C14H16FN3. The van der Waals surface area contributed by atoms with Crippen LogP contribution >= 0.6 is 0 Å². The maximum Gasteiger partial charge on any atom is 0.141 e. The van der Waals surface area contributed by atoms with Crippen LogP contribution in [-0.2, 0) is 0 Å². The van der Waals surface area contributed by atoms with Crippen molar-refractivity contribution >= 4 is 0 Å². The van der Waals surface area contributed by atoms with E-state index in [4.69, 9.17) is 0 Å². The summed E-state index contributed by atoms with van der Waals surface area (Å²) >= 11 is 0. The first kappa shape index (κ1) is 12.6. The highest BCUT2D eigenvalue weighted by molar-refractivity contribution is 5.15. The first-order valence-electron chi connectivity index (χ1n) is 5.94. The highest BCUT2D eigenvalue weighted by Gasteiger charge is 2.12. The standard InChI is InChI=1S/C14H16FN3/c1-10(12-4-3-7-16-8-12)18-11(2)14-6-5-13(15)9-17-14/h3-11,18H,1-2H3/t10-,11?/m1/s1. The second-order valence-electron chi connectivity index (χ2n) is 4.30. The number of rotatable bonds is 4. The fourth-order valence-corrected chi connectivity index (χ4v) is 1.83. The number of pyridine rings is 2. The van der Waals surface area contributed by atoms with E-state index < -0.39 is 0 Å². The number of nitrogens with zero attached hydrogens (tertiary/aromatic N) is 2. The molecule has 3 nitrogen and oxygen atoms in total. The number of hydrogen-bond donors (Lipinski definition) is 1. The average Bonchev–Trinajstić information content (AvgIpc) is 2.40. The Kier molecular flexibility index (Phi) is 3.99. The molecule has 0 saturated carbocycles. The van der Waals surface area contributed by atoms with Crippen molar-refractivity contribution in [2.24, 2.45) is 0 Å². The van der Waals surface area contributed by atoms with Gasteiger partial charge in [0.2, 0.25) is 0 Å². The van der Waals surface area contributed by atoms with Gasteiger partial charge in [-0.3, -0.25) is 9.97 Å². The van der Waals surface area contributed by atoms with E-state index in [-0.39, 0.29) is 17.9 Å². The Balaban J connectivity index is 2.03. The summed E-state index contributed by atoms with van der Waals surface area (Å²) in [6, 6.07) is 7.28. The van der Waals surface area contributed by atoms with E-state index in [2.05, 4.69) is 22.2 Å². The molecule has 0 radical (unpaired) electrons. The van der Waals surface area contributed by atoms with Crippen molar-refractivity contribution in [2.45, 2.75) is 25.9 Å². The molecule has 0 aliphatic heterocycles. The first-order valence-corrected chi connectivity index (χ1v) is 5.94. The van der Waals surface area contributed by atoms with E-state index in [1.165, 1.54) is 12.3 Å². The van der Waals surface area contributed by atoms with E-state index in [9.17, 15) is 4.39 Å². The average molecular weight is 245 g/mol. The largest absolute Gasteiger partial charge is 0.302 e. The fraction of sp³-hybridized carbons (Fsp3) is 0.286. The molecule has 2 rings (SSSR count). The van der Waals surface area contributed by atoms with Gasteiger partial charge >= 0.3 is 0 Å². The fourth-order valence-electron chi connectivity index (χ4n) is 1.83. The zero-order valence-corrected chi connectivity index (χ0v) is 10.5. The molecule has 0 aromatic carbocycles. The van der Waals surface area contributed by atoms with Crippen molar-refractivity contribution in [3.8, 4) is 0 Å². The van der Waals surface area contributed by atoms with E-state index >= 15 is 0 Å². The number of halogens is 1. The smallest absolute Gasteiger partial charge is 0.141 e. The van der Waals surface area contributed by atoms with Crippen molar-refractivity contribution in [2.75, 3.05) is 0 Å². The highest BCUT2D eigenvalue weighted by Crippen LogP contribution is 2.17. The van der Waals surface area contributed by atoms with Crippen LogP contribution in [0.25, 0.3) is 0 Å². The third-order valence-electron chi connectivity index (χ3n) is 2.88. The lowest BCUT2D eigenvalue weighted by molar-refractivity contribution is 0.483. The van der Waals surface area contributed by atoms with Gasteiger partial charge < -0.3 is 5.32 Å². The second kappa shape index (κ2) is 5.69. The Morgan fingerprint density at radius 2 is 1.94 bits per heavy atom. The summed E-state index contributed by atoms with van der Waals surface area (Å²) in [6.07, 6.45) is 4.83. The SMILES string of the molecule is CC(N[C@H](C)c1cccnc1)c1ccc(F)cn1. The van der Waals surface area contributed by atoms with Crippen LogP contribution in [0.5, 0.6) is 0 Å². The Labute approximate surface area is 106 Å². The number of nitrogens with one attached hydrogen (secondary N) is 1. The van der Waals surface area contributed by atoms with Gasteiger partial charge in [-0.2, -0.15) is 0 Å². The van der Waals surface area contributed by atoms with Crippen molar-refractivity contribution in [3.63, 3.8) is 0 Å². The van der Waals surface area contributed by atoms with Gasteiger partial charge in [-0.1, -0.05) is 6.07 Å². The summed E-state index contributed by atoms with van der Waals surface area (Å²) in [4.78, 5) is 8.16. The molecule has 0 saturated heterocycles. The van der Waals surface area contributed by atoms with Crippen LogP contribution in [0.2, 0.25) is 0 Å². The predicted molar refractivity (Wildman–Crippen MR) is 68.4 cm³/mol. The first-order chi connectivity index (χ1) is 8.66. The molecule has 0 aliphatic rings. The zero-order chi connectivity index (χ0) is 13.0. The topological polar surface area (TPSA) is 37.8 Å². The summed E-state index contributed by atoms with van der Waals surface area (Å²) in [5, 5.41) is 3.41. The third-order valence-corrected chi connectivity index (χ3v) is 2.88. The van der Waals surface area contributed by atoms with Crippen LogP contribution in [0.4, 0.5) is 4.39 Å². The van der Waals surface area contributed by atoms with Gasteiger partial charge in [0.05, 0.1) is 11.9 Å². The van der Waals surface area contributed by atoms with Gasteiger partial charge in [0.15, 0.2) is 0 Å². The molecule has 94 valence electrons. The molecule has 2 aromatic heterocycles. The molecule has 2 atom stereocenters. The van der Waals surface area contributed by atoms with Crippen LogP contribution in [0.15, 0.2) is 42.9 Å². The van der Waals surface area contributed by atoms with E-state index in [1.54, 1.807) is 12.3 Å². The quantitative estimate of drug-likeness (QED) is 0.899. The summed E-state index contributed by atoms with van der Waals surface area (Å²) < 4.78 is 12.8. The molecular weight excluding hydrogens is 229 g/mol. The van der Waals surface area contributed by atoms with Crippen LogP contribution in [0.1, 0.15) is 37.2 Å². The minimum absolute atomic E-state index is 0.0563. The normalized spacial score (nSPS) is 14.2. The molecule has 1 N–H and O–H groups in total. The molecule has 0 fully saturated rings. The lowest BCUT2D eigenvalue weighted by Crippen LogP contribution is -2.23. The van der Waals surface area contributed by atoms with Crippen LogP contribution in [0.3, 0.4) is 0 Å².